The van der Waals surface area contributed by atoms with Gasteiger partial charge in [0, 0.05) is 19.6 Å². The Bertz CT molecular complexity index is 499. The first kappa shape index (κ1) is 13.6. The Labute approximate surface area is 121 Å². The van der Waals surface area contributed by atoms with Crippen molar-refractivity contribution in [2.24, 2.45) is 5.41 Å². The lowest BCUT2D eigenvalue weighted by Crippen LogP contribution is -2.47. The average molecular weight is 272 g/mol. The van der Waals surface area contributed by atoms with Gasteiger partial charge in [0.2, 0.25) is 5.91 Å². The Kier molecular flexibility index (Phi) is 3.55. The molecule has 0 spiro atoms. The van der Waals surface area contributed by atoms with E-state index >= 15 is 0 Å². The molecule has 1 unspecified atom stereocenters. The Morgan fingerprint density at radius 3 is 2.70 bits per heavy atom. The van der Waals surface area contributed by atoms with Crippen molar-refractivity contribution in [2.45, 2.75) is 39.2 Å². The Balaban J connectivity index is 1.76. The Hall–Kier alpha value is -1.35. The second kappa shape index (κ2) is 5.21. The highest BCUT2D eigenvalue weighted by molar-refractivity contribution is 5.84. The van der Waals surface area contributed by atoms with Crippen LogP contribution in [0.3, 0.4) is 0 Å². The summed E-state index contributed by atoms with van der Waals surface area (Å²) in [6.07, 6.45) is 3.23. The summed E-state index contributed by atoms with van der Waals surface area (Å²) in [7, 11) is 0. The lowest BCUT2D eigenvalue weighted by Gasteiger charge is -2.39. The number of nitrogens with one attached hydrogen (secondary N) is 1. The van der Waals surface area contributed by atoms with Crippen molar-refractivity contribution in [2.75, 3.05) is 19.6 Å². The van der Waals surface area contributed by atoms with E-state index in [1.807, 2.05) is 11.0 Å². The number of carbonyl (C=O) groups is 1. The highest BCUT2D eigenvalue weighted by Gasteiger charge is 2.33. The summed E-state index contributed by atoms with van der Waals surface area (Å²) in [4.78, 5) is 14.8. The third-order valence-electron chi connectivity index (χ3n) is 4.78. The SMILES string of the molecule is CC1(C)CCN(C(=O)C2NCCc3ccccc32)CC1. The molecule has 3 nitrogen and oxygen atoms in total. The smallest absolute Gasteiger partial charge is 0.244 e. The number of fused-ring (bicyclic) bond motifs is 1. The number of nitrogens with zero attached hydrogens (tertiary/aromatic N) is 1. The van der Waals surface area contributed by atoms with Crippen LogP contribution >= 0.6 is 0 Å². The molecule has 1 aromatic rings. The molecule has 108 valence electrons. The van der Waals surface area contributed by atoms with E-state index in [9.17, 15) is 4.79 Å². The topological polar surface area (TPSA) is 32.3 Å². The van der Waals surface area contributed by atoms with Gasteiger partial charge in [0.15, 0.2) is 0 Å². The fourth-order valence-electron chi connectivity index (χ4n) is 3.24. The summed E-state index contributed by atoms with van der Waals surface area (Å²) >= 11 is 0. The molecular formula is C17H24N2O. The number of likely N-dealkylation sites (tertiary alicyclic amines) is 1. The standard InChI is InChI=1S/C17H24N2O/c1-17(2)8-11-19(12-9-17)16(20)15-14-6-4-3-5-13(14)7-10-18-15/h3-6,15,18H,7-12H2,1-2H3. The molecule has 3 heteroatoms. The van der Waals surface area contributed by atoms with Gasteiger partial charge >= 0.3 is 0 Å². The van der Waals surface area contributed by atoms with E-state index in [-0.39, 0.29) is 11.9 Å². The highest BCUT2D eigenvalue weighted by Crippen LogP contribution is 2.32. The van der Waals surface area contributed by atoms with Gasteiger partial charge in [-0.1, -0.05) is 38.1 Å². The quantitative estimate of drug-likeness (QED) is 0.852. The summed E-state index contributed by atoms with van der Waals surface area (Å²) < 4.78 is 0. The fraction of sp³-hybridized carbons (Fsp3) is 0.588. The predicted molar refractivity (Wildman–Crippen MR) is 80.5 cm³/mol. The van der Waals surface area contributed by atoms with Crippen molar-refractivity contribution in [3.63, 3.8) is 0 Å². The van der Waals surface area contributed by atoms with Gasteiger partial charge in [-0.3, -0.25) is 4.79 Å². The van der Waals surface area contributed by atoms with Crippen LogP contribution in [0.15, 0.2) is 24.3 Å². The first-order chi connectivity index (χ1) is 9.57. The number of hydrogen-bond donors (Lipinski definition) is 1. The molecule has 0 aliphatic carbocycles. The molecule has 0 aromatic heterocycles. The van der Waals surface area contributed by atoms with E-state index in [1.54, 1.807) is 0 Å². The summed E-state index contributed by atoms with van der Waals surface area (Å²) in [5.41, 5.74) is 2.88. The second-order valence-corrected chi connectivity index (χ2v) is 6.83. The molecule has 2 heterocycles. The lowest BCUT2D eigenvalue weighted by atomic mass is 9.82. The van der Waals surface area contributed by atoms with Crippen LogP contribution in [0.5, 0.6) is 0 Å². The second-order valence-electron chi connectivity index (χ2n) is 6.83. The minimum atomic E-state index is -0.138. The molecule has 1 fully saturated rings. The van der Waals surface area contributed by atoms with Gasteiger partial charge < -0.3 is 10.2 Å². The van der Waals surface area contributed by atoms with E-state index in [0.717, 1.165) is 38.9 Å². The minimum Gasteiger partial charge on any atom is -0.341 e. The zero-order valence-electron chi connectivity index (χ0n) is 12.5. The van der Waals surface area contributed by atoms with Crippen molar-refractivity contribution < 1.29 is 4.79 Å². The lowest BCUT2D eigenvalue weighted by molar-refractivity contribution is -0.135. The maximum absolute atomic E-state index is 12.8. The average Bonchev–Trinajstić information content (AvgIpc) is 2.46. The summed E-state index contributed by atoms with van der Waals surface area (Å²) in [6, 6.07) is 8.20. The number of piperidine rings is 1. The van der Waals surface area contributed by atoms with Crippen LogP contribution in [0, 0.1) is 5.41 Å². The Morgan fingerprint density at radius 1 is 1.25 bits per heavy atom. The predicted octanol–water partition coefficient (Wildman–Crippen LogP) is 2.52. The van der Waals surface area contributed by atoms with E-state index < -0.39 is 0 Å². The molecule has 2 aliphatic rings. The van der Waals surface area contributed by atoms with Gasteiger partial charge in [-0.05, 0) is 35.8 Å². The summed E-state index contributed by atoms with van der Waals surface area (Å²) in [5.74, 6) is 0.257. The third-order valence-corrected chi connectivity index (χ3v) is 4.78. The molecular weight excluding hydrogens is 248 g/mol. The maximum atomic E-state index is 12.8. The first-order valence-electron chi connectivity index (χ1n) is 7.67. The molecule has 3 rings (SSSR count). The first-order valence-corrected chi connectivity index (χ1v) is 7.67. The highest BCUT2D eigenvalue weighted by atomic mass is 16.2. The van der Waals surface area contributed by atoms with Crippen LogP contribution in [0.2, 0.25) is 0 Å². The minimum absolute atomic E-state index is 0.138. The monoisotopic (exact) mass is 272 g/mol. The van der Waals surface area contributed by atoms with E-state index in [2.05, 4.69) is 37.4 Å². The molecule has 0 bridgehead atoms. The van der Waals surface area contributed by atoms with Crippen molar-refractivity contribution in [3.8, 4) is 0 Å². The van der Waals surface area contributed by atoms with E-state index in [0.29, 0.717) is 5.41 Å². The van der Waals surface area contributed by atoms with Crippen LogP contribution in [0.25, 0.3) is 0 Å². The molecule has 1 N–H and O–H groups in total. The van der Waals surface area contributed by atoms with Crippen molar-refractivity contribution >= 4 is 5.91 Å². The van der Waals surface area contributed by atoms with Gasteiger partial charge in [0.25, 0.3) is 0 Å². The van der Waals surface area contributed by atoms with Gasteiger partial charge in [0.05, 0.1) is 0 Å². The fourth-order valence-corrected chi connectivity index (χ4v) is 3.24. The molecule has 0 radical (unpaired) electrons. The zero-order valence-corrected chi connectivity index (χ0v) is 12.5. The summed E-state index contributed by atoms with van der Waals surface area (Å²) in [5, 5.41) is 3.40. The molecule has 0 saturated carbocycles. The van der Waals surface area contributed by atoms with Crippen LogP contribution < -0.4 is 5.32 Å². The largest absolute Gasteiger partial charge is 0.341 e. The third kappa shape index (κ3) is 2.59. The van der Waals surface area contributed by atoms with Crippen LogP contribution in [-0.2, 0) is 11.2 Å². The molecule has 1 aromatic carbocycles. The van der Waals surface area contributed by atoms with Crippen LogP contribution in [0.4, 0.5) is 0 Å². The molecule has 1 saturated heterocycles. The Morgan fingerprint density at radius 2 is 1.95 bits per heavy atom. The summed E-state index contributed by atoms with van der Waals surface area (Å²) in [6.45, 7) is 7.27. The van der Waals surface area contributed by atoms with E-state index in [1.165, 1.54) is 11.1 Å². The van der Waals surface area contributed by atoms with Crippen molar-refractivity contribution in [1.82, 2.24) is 10.2 Å². The molecule has 20 heavy (non-hydrogen) atoms. The molecule has 2 aliphatic heterocycles. The van der Waals surface area contributed by atoms with Gasteiger partial charge in [-0.25, -0.2) is 0 Å². The normalized spacial score (nSPS) is 25.1. The van der Waals surface area contributed by atoms with Gasteiger partial charge in [-0.2, -0.15) is 0 Å². The van der Waals surface area contributed by atoms with Gasteiger partial charge in [0.1, 0.15) is 6.04 Å². The number of amides is 1. The number of hydrogen-bond acceptors (Lipinski definition) is 2. The maximum Gasteiger partial charge on any atom is 0.244 e. The van der Waals surface area contributed by atoms with Crippen LogP contribution in [-0.4, -0.2) is 30.4 Å². The van der Waals surface area contributed by atoms with E-state index in [4.69, 9.17) is 0 Å². The molecule has 1 amide bonds. The van der Waals surface area contributed by atoms with Crippen molar-refractivity contribution in [3.05, 3.63) is 35.4 Å². The molecule has 1 atom stereocenters. The van der Waals surface area contributed by atoms with Gasteiger partial charge in [-0.15, -0.1) is 0 Å². The number of benzene rings is 1. The van der Waals surface area contributed by atoms with Crippen LogP contribution in [0.1, 0.15) is 43.9 Å². The number of carbonyl (C=O) groups excluding carboxylic acids is 1. The zero-order chi connectivity index (χ0) is 14.2. The van der Waals surface area contributed by atoms with Crippen molar-refractivity contribution in [1.29, 1.82) is 0 Å². The number of rotatable bonds is 1.